The summed E-state index contributed by atoms with van der Waals surface area (Å²) in [5.41, 5.74) is 0. The van der Waals surface area contributed by atoms with Crippen molar-refractivity contribution < 1.29 is 4.74 Å². The number of ether oxygens (including phenoxy) is 1. The van der Waals surface area contributed by atoms with Crippen molar-refractivity contribution in [2.24, 2.45) is 5.92 Å². The molecule has 1 aliphatic carbocycles. The van der Waals surface area contributed by atoms with Crippen LogP contribution in [-0.2, 0) is 4.74 Å². The van der Waals surface area contributed by atoms with Crippen LogP contribution in [0.2, 0.25) is 0 Å². The highest BCUT2D eigenvalue weighted by Crippen LogP contribution is 2.31. The van der Waals surface area contributed by atoms with Gasteiger partial charge in [0.2, 0.25) is 0 Å². The Morgan fingerprint density at radius 1 is 1.10 bits per heavy atom. The van der Waals surface area contributed by atoms with Crippen LogP contribution in [0.4, 0.5) is 0 Å². The lowest BCUT2D eigenvalue weighted by atomic mass is 9.82. The summed E-state index contributed by atoms with van der Waals surface area (Å²) in [4.78, 5) is 2.81. The summed E-state index contributed by atoms with van der Waals surface area (Å²) in [6.45, 7) is 6.93. The molecule has 0 bridgehead atoms. The maximum absolute atomic E-state index is 5.92. The lowest BCUT2D eigenvalue weighted by Gasteiger charge is -2.46. The van der Waals surface area contributed by atoms with Gasteiger partial charge in [-0.2, -0.15) is 0 Å². The summed E-state index contributed by atoms with van der Waals surface area (Å²) in [6, 6.07) is 1.47. The number of piperazine rings is 1. The predicted octanol–water partition coefficient (Wildman–Crippen LogP) is 3.19. The molecule has 0 aromatic rings. The Balaban J connectivity index is 1.61. The third-order valence-corrected chi connectivity index (χ3v) is 5.83. The Morgan fingerprint density at radius 3 is 2.67 bits per heavy atom. The monoisotopic (exact) mass is 294 g/mol. The quantitative estimate of drug-likeness (QED) is 0.843. The number of rotatable bonds is 5. The second-order valence-corrected chi connectivity index (χ2v) is 7.45. The third-order valence-electron chi connectivity index (χ3n) is 5.83. The Bertz CT molecular complexity index is 298. The molecule has 3 heteroatoms. The third kappa shape index (κ3) is 4.20. The first-order chi connectivity index (χ1) is 10.4. The fourth-order valence-corrected chi connectivity index (χ4v) is 4.68. The maximum atomic E-state index is 5.92. The zero-order valence-electron chi connectivity index (χ0n) is 13.9. The van der Waals surface area contributed by atoms with Crippen LogP contribution < -0.4 is 5.32 Å². The van der Waals surface area contributed by atoms with Crippen LogP contribution in [0.15, 0.2) is 0 Å². The first-order valence-electron chi connectivity index (χ1n) is 9.46. The molecule has 3 rings (SSSR count). The van der Waals surface area contributed by atoms with Crippen molar-refractivity contribution in [3.8, 4) is 0 Å². The van der Waals surface area contributed by atoms with E-state index in [0.717, 1.165) is 18.6 Å². The van der Waals surface area contributed by atoms with Gasteiger partial charge in [0.15, 0.2) is 0 Å². The standard InChI is InChI=1S/C18H34N2O/c1-2-7-16-13-20(14-17-10-6-11-21-17)18(12-19-16)15-8-4-3-5-9-15/h15-19H,2-14H2,1H3. The summed E-state index contributed by atoms with van der Waals surface area (Å²) in [7, 11) is 0. The van der Waals surface area contributed by atoms with E-state index in [-0.39, 0.29) is 0 Å². The van der Waals surface area contributed by atoms with Crippen molar-refractivity contribution in [2.45, 2.75) is 82.9 Å². The van der Waals surface area contributed by atoms with E-state index in [0.29, 0.717) is 12.1 Å². The van der Waals surface area contributed by atoms with E-state index in [1.807, 2.05) is 0 Å². The SMILES string of the molecule is CCCC1CN(CC2CCCO2)C(C2CCCCC2)CN1. The summed E-state index contributed by atoms with van der Waals surface area (Å²) < 4.78 is 5.92. The fraction of sp³-hybridized carbons (Fsp3) is 1.00. The minimum Gasteiger partial charge on any atom is -0.377 e. The molecule has 0 aromatic heterocycles. The highest BCUT2D eigenvalue weighted by Gasteiger charge is 2.35. The van der Waals surface area contributed by atoms with Crippen molar-refractivity contribution in [1.29, 1.82) is 0 Å². The van der Waals surface area contributed by atoms with E-state index >= 15 is 0 Å². The smallest absolute Gasteiger partial charge is 0.0702 e. The molecule has 0 spiro atoms. The zero-order chi connectivity index (χ0) is 14.5. The van der Waals surface area contributed by atoms with Gasteiger partial charge in [-0.3, -0.25) is 4.90 Å². The van der Waals surface area contributed by atoms with Gasteiger partial charge < -0.3 is 10.1 Å². The van der Waals surface area contributed by atoms with Crippen LogP contribution in [0.3, 0.4) is 0 Å². The molecular weight excluding hydrogens is 260 g/mol. The van der Waals surface area contributed by atoms with Crippen LogP contribution in [0.1, 0.15) is 64.7 Å². The molecule has 3 nitrogen and oxygen atoms in total. The summed E-state index contributed by atoms with van der Waals surface area (Å²) >= 11 is 0. The van der Waals surface area contributed by atoms with Crippen molar-refractivity contribution in [2.75, 3.05) is 26.2 Å². The maximum Gasteiger partial charge on any atom is 0.0702 e. The number of hydrogen-bond acceptors (Lipinski definition) is 3. The first kappa shape index (κ1) is 15.8. The topological polar surface area (TPSA) is 24.5 Å². The zero-order valence-corrected chi connectivity index (χ0v) is 13.9. The van der Waals surface area contributed by atoms with Crippen LogP contribution in [0.25, 0.3) is 0 Å². The van der Waals surface area contributed by atoms with E-state index in [1.165, 1.54) is 77.4 Å². The molecule has 3 atom stereocenters. The highest BCUT2D eigenvalue weighted by atomic mass is 16.5. The normalized spacial score (nSPS) is 36.1. The van der Waals surface area contributed by atoms with Gasteiger partial charge in [0.1, 0.15) is 0 Å². The van der Waals surface area contributed by atoms with Gasteiger partial charge in [0, 0.05) is 38.3 Å². The van der Waals surface area contributed by atoms with Crippen LogP contribution in [0.5, 0.6) is 0 Å². The molecule has 3 fully saturated rings. The van der Waals surface area contributed by atoms with Gasteiger partial charge in [-0.15, -0.1) is 0 Å². The van der Waals surface area contributed by atoms with Gasteiger partial charge in [0.25, 0.3) is 0 Å². The second-order valence-electron chi connectivity index (χ2n) is 7.45. The van der Waals surface area contributed by atoms with Crippen molar-refractivity contribution in [1.82, 2.24) is 10.2 Å². The average Bonchev–Trinajstić information content (AvgIpc) is 3.02. The van der Waals surface area contributed by atoms with Gasteiger partial charge >= 0.3 is 0 Å². The fourth-order valence-electron chi connectivity index (χ4n) is 4.68. The second kappa shape index (κ2) is 7.94. The molecule has 1 N–H and O–H groups in total. The Morgan fingerprint density at radius 2 is 1.95 bits per heavy atom. The molecule has 0 amide bonds. The molecule has 0 aromatic carbocycles. The van der Waals surface area contributed by atoms with E-state index in [2.05, 4.69) is 17.1 Å². The summed E-state index contributed by atoms with van der Waals surface area (Å²) in [5, 5.41) is 3.84. The van der Waals surface area contributed by atoms with Gasteiger partial charge in [0.05, 0.1) is 6.10 Å². The number of nitrogens with zero attached hydrogens (tertiary/aromatic N) is 1. The molecule has 2 saturated heterocycles. The van der Waals surface area contributed by atoms with Crippen molar-refractivity contribution >= 4 is 0 Å². The Labute approximate surface area is 130 Å². The Kier molecular flexibility index (Phi) is 5.96. The molecule has 122 valence electrons. The Hall–Kier alpha value is -0.120. The summed E-state index contributed by atoms with van der Waals surface area (Å²) in [6.07, 6.45) is 12.9. The summed E-state index contributed by atoms with van der Waals surface area (Å²) in [5.74, 6) is 0.926. The minimum absolute atomic E-state index is 0.511. The highest BCUT2D eigenvalue weighted by molar-refractivity contribution is 4.92. The van der Waals surface area contributed by atoms with Gasteiger partial charge in [-0.25, -0.2) is 0 Å². The van der Waals surface area contributed by atoms with Crippen LogP contribution >= 0.6 is 0 Å². The number of hydrogen-bond donors (Lipinski definition) is 1. The molecule has 2 heterocycles. The minimum atomic E-state index is 0.511. The van der Waals surface area contributed by atoms with Crippen molar-refractivity contribution in [3.05, 3.63) is 0 Å². The molecular formula is C18H34N2O. The average molecular weight is 294 g/mol. The predicted molar refractivity (Wildman–Crippen MR) is 87.6 cm³/mol. The van der Waals surface area contributed by atoms with Crippen molar-refractivity contribution in [3.63, 3.8) is 0 Å². The molecule has 2 aliphatic heterocycles. The van der Waals surface area contributed by atoms with Gasteiger partial charge in [-0.05, 0) is 38.0 Å². The largest absolute Gasteiger partial charge is 0.377 e. The van der Waals surface area contributed by atoms with Crippen LogP contribution in [-0.4, -0.2) is 49.3 Å². The van der Waals surface area contributed by atoms with E-state index in [4.69, 9.17) is 4.74 Å². The van der Waals surface area contributed by atoms with Gasteiger partial charge in [-0.1, -0.05) is 32.6 Å². The number of nitrogens with one attached hydrogen (secondary N) is 1. The van der Waals surface area contributed by atoms with E-state index < -0.39 is 0 Å². The molecule has 3 unspecified atom stereocenters. The van der Waals surface area contributed by atoms with Crippen LogP contribution in [0, 0.1) is 5.92 Å². The molecule has 3 aliphatic rings. The molecule has 0 radical (unpaired) electrons. The lowest BCUT2D eigenvalue weighted by Crippen LogP contribution is -2.60. The lowest BCUT2D eigenvalue weighted by molar-refractivity contribution is 0.0150. The molecule has 21 heavy (non-hydrogen) atoms. The van der Waals surface area contributed by atoms with E-state index in [9.17, 15) is 0 Å². The van der Waals surface area contributed by atoms with E-state index in [1.54, 1.807) is 0 Å². The molecule has 1 saturated carbocycles. The first-order valence-corrected chi connectivity index (χ1v) is 9.46.